The van der Waals surface area contributed by atoms with E-state index in [4.69, 9.17) is 5.11 Å². The third-order valence-electron chi connectivity index (χ3n) is 2.65. The number of carbonyl (C=O) groups excluding carboxylic acids is 1. The van der Waals surface area contributed by atoms with Gasteiger partial charge >= 0.3 is 12.1 Å². The van der Waals surface area contributed by atoms with Crippen LogP contribution in [0.1, 0.15) is 5.56 Å². The van der Waals surface area contributed by atoms with Gasteiger partial charge in [-0.05, 0) is 42.8 Å². The number of rotatable bonds is 3. The number of benzene rings is 2. The Kier molecular flexibility index (Phi) is 4.40. The Labute approximate surface area is 121 Å². The lowest BCUT2D eigenvalue weighted by Crippen LogP contribution is -2.19. The molecule has 0 aliphatic carbocycles. The summed E-state index contributed by atoms with van der Waals surface area (Å²) in [6.07, 6.45) is -1.16. The molecule has 0 bridgehead atoms. The lowest BCUT2D eigenvalue weighted by molar-refractivity contribution is 0.209. The number of anilines is 3. The van der Waals surface area contributed by atoms with Gasteiger partial charge in [-0.3, -0.25) is 5.32 Å². The molecule has 3 amide bonds. The summed E-state index contributed by atoms with van der Waals surface area (Å²) in [5.74, 6) is 0. The molecular weight excluding hydrogens is 270 g/mol. The summed E-state index contributed by atoms with van der Waals surface area (Å²) >= 11 is 0. The van der Waals surface area contributed by atoms with Crippen LogP contribution in [0.15, 0.2) is 48.5 Å². The van der Waals surface area contributed by atoms with Gasteiger partial charge in [-0.15, -0.1) is 0 Å². The minimum Gasteiger partial charge on any atom is -0.465 e. The van der Waals surface area contributed by atoms with E-state index < -0.39 is 12.1 Å². The van der Waals surface area contributed by atoms with Crippen molar-refractivity contribution in [2.75, 3.05) is 16.0 Å². The van der Waals surface area contributed by atoms with Crippen LogP contribution in [0.5, 0.6) is 0 Å². The van der Waals surface area contributed by atoms with Gasteiger partial charge in [0.25, 0.3) is 0 Å². The summed E-state index contributed by atoms with van der Waals surface area (Å²) in [6, 6.07) is 13.5. The average molecular weight is 285 g/mol. The van der Waals surface area contributed by atoms with Gasteiger partial charge in [0.05, 0.1) is 0 Å². The minimum absolute atomic E-state index is 0.385. The fourth-order valence-corrected chi connectivity index (χ4v) is 1.81. The lowest BCUT2D eigenvalue weighted by Gasteiger charge is -2.09. The number of hydrogen-bond acceptors (Lipinski definition) is 2. The Hall–Kier alpha value is -3.02. The Bertz CT molecular complexity index is 671. The predicted octanol–water partition coefficient (Wildman–Crippen LogP) is 3.73. The van der Waals surface area contributed by atoms with E-state index in [1.54, 1.807) is 24.3 Å². The van der Waals surface area contributed by atoms with Crippen LogP contribution in [0.3, 0.4) is 0 Å². The first-order chi connectivity index (χ1) is 10.0. The van der Waals surface area contributed by atoms with Crippen LogP contribution in [0.4, 0.5) is 26.7 Å². The van der Waals surface area contributed by atoms with Gasteiger partial charge in [0.2, 0.25) is 0 Å². The second-order valence-corrected chi connectivity index (χ2v) is 4.46. The number of hydrogen-bond donors (Lipinski definition) is 4. The molecule has 4 N–H and O–H groups in total. The molecule has 0 aliphatic heterocycles. The molecule has 2 rings (SSSR count). The molecule has 6 nitrogen and oxygen atoms in total. The van der Waals surface area contributed by atoms with Gasteiger partial charge in [0.15, 0.2) is 0 Å². The van der Waals surface area contributed by atoms with E-state index in [1.165, 1.54) is 6.07 Å². The molecule has 0 spiro atoms. The molecule has 0 saturated heterocycles. The minimum atomic E-state index is -1.16. The lowest BCUT2D eigenvalue weighted by atomic mass is 10.2. The molecule has 21 heavy (non-hydrogen) atoms. The topological polar surface area (TPSA) is 90.5 Å². The van der Waals surface area contributed by atoms with E-state index in [-0.39, 0.29) is 0 Å². The molecule has 0 aliphatic rings. The van der Waals surface area contributed by atoms with Crippen molar-refractivity contribution in [3.8, 4) is 0 Å². The van der Waals surface area contributed by atoms with Crippen molar-refractivity contribution < 1.29 is 14.7 Å². The van der Waals surface area contributed by atoms with Crippen molar-refractivity contribution in [2.24, 2.45) is 0 Å². The fourth-order valence-electron chi connectivity index (χ4n) is 1.81. The normalized spacial score (nSPS) is 9.76. The molecule has 0 radical (unpaired) electrons. The van der Waals surface area contributed by atoms with Crippen LogP contribution in [-0.2, 0) is 0 Å². The Morgan fingerprint density at radius 2 is 1.38 bits per heavy atom. The number of nitrogens with one attached hydrogen (secondary N) is 3. The van der Waals surface area contributed by atoms with Crippen LogP contribution in [0.25, 0.3) is 0 Å². The third kappa shape index (κ3) is 4.54. The maximum Gasteiger partial charge on any atom is 0.409 e. The zero-order chi connectivity index (χ0) is 15.2. The highest BCUT2D eigenvalue weighted by atomic mass is 16.4. The van der Waals surface area contributed by atoms with Gasteiger partial charge in [-0.2, -0.15) is 0 Å². The summed E-state index contributed by atoms with van der Waals surface area (Å²) in [5, 5.41) is 16.2. The summed E-state index contributed by atoms with van der Waals surface area (Å²) in [6.45, 7) is 1.93. The average Bonchev–Trinajstić information content (AvgIpc) is 2.37. The van der Waals surface area contributed by atoms with Crippen molar-refractivity contribution >= 4 is 29.2 Å². The molecule has 0 aromatic heterocycles. The Morgan fingerprint density at radius 3 is 1.95 bits per heavy atom. The predicted molar refractivity (Wildman–Crippen MR) is 81.9 cm³/mol. The van der Waals surface area contributed by atoms with E-state index in [9.17, 15) is 9.59 Å². The summed E-state index contributed by atoms with van der Waals surface area (Å²) in [4.78, 5) is 22.4. The zero-order valence-electron chi connectivity index (χ0n) is 11.4. The molecule has 0 unspecified atom stereocenters. The second kappa shape index (κ2) is 6.42. The standard InChI is InChI=1S/C15H15N3O3/c1-10-4-2-5-11(8-10)16-14(19)17-12-6-3-7-13(9-12)18-15(20)21/h2-9,18H,1H3,(H,20,21)(H2,16,17,19). The molecule has 6 heteroatoms. The van der Waals surface area contributed by atoms with Crippen LogP contribution in [0, 0.1) is 6.92 Å². The number of amides is 3. The smallest absolute Gasteiger partial charge is 0.409 e. The maximum absolute atomic E-state index is 11.9. The van der Waals surface area contributed by atoms with E-state index in [1.807, 2.05) is 25.1 Å². The van der Waals surface area contributed by atoms with Crippen LogP contribution in [-0.4, -0.2) is 17.2 Å². The molecule has 0 atom stereocenters. The summed E-state index contributed by atoms with van der Waals surface area (Å²) in [5.41, 5.74) is 2.61. The maximum atomic E-state index is 11.9. The third-order valence-corrected chi connectivity index (χ3v) is 2.65. The van der Waals surface area contributed by atoms with Crippen LogP contribution >= 0.6 is 0 Å². The van der Waals surface area contributed by atoms with E-state index >= 15 is 0 Å². The van der Waals surface area contributed by atoms with E-state index in [2.05, 4.69) is 16.0 Å². The van der Waals surface area contributed by atoms with Crippen molar-refractivity contribution in [1.82, 2.24) is 0 Å². The molecule has 108 valence electrons. The van der Waals surface area contributed by atoms with Crippen LogP contribution in [0.2, 0.25) is 0 Å². The number of carbonyl (C=O) groups is 2. The zero-order valence-corrected chi connectivity index (χ0v) is 11.4. The van der Waals surface area contributed by atoms with Gasteiger partial charge in [-0.1, -0.05) is 18.2 Å². The van der Waals surface area contributed by atoms with Crippen molar-refractivity contribution in [3.63, 3.8) is 0 Å². The van der Waals surface area contributed by atoms with Crippen LogP contribution < -0.4 is 16.0 Å². The van der Waals surface area contributed by atoms with Gasteiger partial charge in [0, 0.05) is 17.1 Å². The quantitative estimate of drug-likeness (QED) is 0.692. The van der Waals surface area contributed by atoms with Crippen molar-refractivity contribution in [2.45, 2.75) is 6.92 Å². The first kappa shape index (κ1) is 14.4. The van der Waals surface area contributed by atoms with Gasteiger partial charge in [-0.25, -0.2) is 9.59 Å². The Morgan fingerprint density at radius 1 is 0.857 bits per heavy atom. The molecule has 0 fully saturated rings. The fraction of sp³-hybridized carbons (Fsp3) is 0.0667. The molecule has 0 saturated carbocycles. The SMILES string of the molecule is Cc1cccc(NC(=O)Nc2cccc(NC(=O)O)c2)c1. The van der Waals surface area contributed by atoms with E-state index in [0.717, 1.165) is 5.56 Å². The largest absolute Gasteiger partial charge is 0.465 e. The Balaban J connectivity index is 2.01. The summed E-state index contributed by atoms with van der Waals surface area (Å²) < 4.78 is 0. The van der Waals surface area contributed by atoms with E-state index in [0.29, 0.717) is 17.1 Å². The highest BCUT2D eigenvalue weighted by molar-refractivity contribution is 6.00. The first-order valence-electron chi connectivity index (χ1n) is 6.27. The van der Waals surface area contributed by atoms with Gasteiger partial charge < -0.3 is 15.7 Å². The first-order valence-corrected chi connectivity index (χ1v) is 6.27. The number of urea groups is 1. The highest BCUT2D eigenvalue weighted by Crippen LogP contribution is 2.16. The highest BCUT2D eigenvalue weighted by Gasteiger charge is 2.04. The number of aryl methyl sites for hydroxylation is 1. The van der Waals surface area contributed by atoms with Crippen molar-refractivity contribution in [1.29, 1.82) is 0 Å². The van der Waals surface area contributed by atoms with Crippen molar-refractivity contribution in [3.05, 3.63) is 54.1 Å². The summed E-state index contributed by atoms with van der Waals surface area (Å²) in [7, 11) is 0. The number of carboxylic acid groups (broad SMARTS) is 1. The monoisotopic (exact) mass is 285 g/mol. The molecule has 2 aromatic rings. The molecule has 2 aromatic carbocycles. The molecular formula is C15H15N3O3. The molecule has 0 heterocycles. The second-order valence-electron chi connectivity index (χ2n) is 4.46. The van der Waals surface area contributed by atoms with Gasteiger partial charge in [0.1, 0.15) is 0 Å².